The summed E-state index contributed by atoms with van der Waals surface area (Å²) in [6, 6.07) is 6.91. The van der Waals surface area contributed by atoms with Crippen LogP contribution in [0, 0.1) is 11.6 Å². The highest BCUT2D eigenvalue weighted by molar-refractivity contribution is 5.77. The minimum atomic E-state index is -0.557. The molecule has 0 amide bonds. The van der Waals surface area contributed by atoms with Crippen LogP contribution >= 0.6 is 0 Å². The van der Waals surface area contributed by atoms with Gasteiger partial charge in [-0.3, -0.25) is 4.40 Å². The van der Waals surface area contributed by atoms with E-state index in [-0.39, 0.29) is 16.7 Å². The van der Waals surface area contributed by atoms with Gasteiger partial charge in [-0.05, 0) is 43.2 Å². The van der Waals surface area contributed by atoms with E-state index >= 15 is 0 Å². The molecule has 1 aliphatic rings. The van der Waals surface area contributed by atoms with E-state index in [1.54, 1.807) is 0 Å². The summed E-state index contributed by atoms with van der Waals surface area (Å²) in [5.41, 5.74) is 1.78. The van der Waals surface area contributed by atoms with Crippen molar-refractivity contribution in [1.82, 2.24) is 19.6 Å². The lowest BCUT2D eigenvalue weighted by molar-refractivity contribution is 0.571. The second kappa shape index (κ2) is 5.20. The first-order chi connectivity index (χ1) is 12.5. The topological polar surface area (TPSA) is 56.2 Å². The number of oxazole rings is 1. The zero-order chi connectivity index (χ0) is 17.9. The van der Waals surface area contributed by atoms with Gasteiger partial charge in [0.2, 0.25) is 0 Å². The number of pyridine rings is 1. The zero-order valence-corrected chi connectivity index (χ0v) is 13.9. The van der Waals surface area contributed by atoms with Gasteiger partial charge in [-0.25, -0.2) is 13.8 Å². The summed E-state index contributed by atoms with van der Waals surface area (Å²) in [4.78, 5) is 4.10. The van der Waals surface area contributed by atoms with Crippen LogP contribution in [0.4, 0.5) is 8.78 Å². The Morgan fingerprint density at radius 1 is 1.12 bits per heavy atom. The number of aromatic nitrogens is 4. The number of rotatable bonds is 3. The van der Waals surface area contributed by atoms with E-state index in [0.717, 1.165) is 42.5 Å². The molecule has 4 aromatic rings. The average molecular weight is 352 g/mol. The Hall–Kier alpha value is -3.09. The SMILES string of the molecule is CC1(c2nnc3ccc(-c4ocnc4-c4cc(F)ccc4F)cn23)CC1. The molecule has 0 spiro atoms. The molecule has 1 aliphatic carbocycles. The first-order valence-corrected chi connectivity index (χ1v) is 8.30. The molecule has 0 aliphatic heterocycles. The number of halogens is 2. The van der Waals surface area contributed by atoms with Crippen molar-refractivity contribution >= 4 is 5.65 Å². The van der Waals surface area contributed by atoms with Crippen LogP contribution in [-0.4, -0.2) is 19.6 Å². The van der Waals surface area contributed by atoms with Crippen LogP contribution in [0.5, 0.6) is 0 Å². The normalized spacial score (nSPS) is 15.5. The summed E-state index contributed by atoms with van der Waals surface area (Å²) in [7, 11) is 0. The maximum absolute atomic E-state index is 14.2. The van der Waals surface area contributed by atoms with E-state index in [2.05, 4.69) is 22.1 Å². The summed E-state index contributed by atoms with van der Waals surface area (Å²) in [5.74, 6) is 0.177. The lowest BCUT2D eigenvalue weighted by Gasteiger charge is -2.08. The molecule has 130 valence electrons. The standard InChI is InChI=1S/C19H14F2N4O/c1-19(6-7-19)18-24-23-15-5-2-11(9-25(15)18)17-16(22-10-26-17)13-8-12(20)3-4-14(13)21/h2-5,8-10H,6-7H2,1H3. The van der Waals surface area contributed by atoms with Gasteiger partial charge in [0.25, 0.3) is 0 Å². The van der Waals surface area contributed by atoms with Crippen LogP contribution < -0.4 is 0 Å². The van der Waals surface area contributed by atoms with Crippen LogP contribution in [0.25, 0.3) is 28.2 Å². The quantitative estimate of drug-likeness (QED) is 0.549. The van der Waals surface area contributed by atoms with Crippen molar-refractivity contribution < 1.29 is 13.2 Å². The van der Waals surface area contributed by atoms with Crippen molar-refractivity contribution in [2.45, 2.75) is 25.2 Å². The van der Waals surface area contributed by atoms with Gasteiger partial charge in [-0.2, -0.15) is 0 Å². The Morgan fingerprint density at radius 2 is 1.96 bits per heavy atom. The fourth-order valence-corrected chi connectivity index (χ4v) is 3.17. The fourth-order valence-electron chi connectivity index (χ4n) is 3.17. The van der Waals surface area contributed by atoms with E-state index in [1.165, 1.54) is 6.39 Å². The first-order valence-electron chi connectivity index (χ1n) is 8.30. The van der Waals surface area contributed by atoms with Crippen molar-refractivity contribution in [3.63, 3.8) is 0 Å². The van der Waals surface area contributed by atoms with Crippen molar-refractivity contribution in [3.05, 3.63) is 60.4 Å². The molecule has 1 aromatic carbocycles. The van der Waals surface area contributed by atoms with Gasteiger partial charge in [0.05, 0.1) is 0 Å². The number of benzene rings is 1. The summed E-state index contributed by atoms with van der Waals surface area (Å²) in [6.45, 7) is 2.15. The molecule has 3 aromatic heterocycles. The summed E-state index contributed by atoms with van der Waals surface area (Å²) >= 11 is 0. The van der Waals surface area contributed by atoms with Gasteiger partial charge in [0, 0.05) is 22.7 Å². The lowest BCUT2D eigenvalue weighted by Crippen LogP contribution is -2.06. The molecule has 0 bridgehead atoms. The minimum absolute atomic E-state index is 0.0386. The summed E-state index contributed by atoms with van der Waals surface area (Å²) < 4.78 is 35.2. The molecule has 26 heavy (non-hydrogen) atoms. The molecule has 0 atom stereocenters. The van der Waals surface area contributed by atoms with Crippen molar-refractivity contribution in [1.29, 1.82) is 0 Å². The van der Waals surface area contributed by atoms with Crippen molar-refractivity contribution in [2.75, 3.05) is 0 Å². The second-order valence-corrected chi connectivity index (χ2v) is 6.88. The smallest absolute Gasteiger partial charge is 0.182 e. The van der Waals surface area contributed by atoms with Gasteiger partial charge in [-0.15, -0.1) is 10.2 Å². The van der Waals surface area contributed by atoms with E-state index in [0.29, 0.717) is 11.3 Å². The zero-order valence-electron chi connectivity index (χ0n) is 13.9. The van der Waals surface area contributed by atoms with E-state index in [9.17, 15) is 8.78 Å². The monoisotopic (exact) mass is 352 g/mol. The molecule has 1 fully saturated rings. The van der Waals surface area contributed by atoms with Crippen molar-refractivity contribution in [2.24, 2.45) is 0 Å². The van der Waals surface area contributed by atoms with Crippen LogP contribution in [-0.2, 0) is 5.41 Å². The van der Waals surface area contributed by atoms with Gasteiger partial charge >= 0.3 is 0 Å². The molecule has 1 saturated carbocycles. The molecule has 5 nitrogen and oxygen atoms in total. The molecular formula is C19H14F2N4O. The Kier molecular flexibility index (Phi) is 3.04. The third kappa shape index (κ3) is 2.23. The highest BCUT2D eigenvalue weighted by atomic mass is 19.1. The minimum Gasteiger partial charge on any atom is -0.443 e. The third-order valence-corrected chi connectivity index (χ3v) is 4.96. The van der Waals surface area contributed by atoms with Gasteiger partial charge < -0.3 is 4.42 Å². The van der Waals surface area contributed by atoms with Crippen LogP contribution in [0.3, 0.4) is 0 Å². The van der Waals surface area contributed by atoms with Gasteiger partial charge in [0.15, 0.2) is 17.8 Å². The Balaban J connectivity index is 1.68. The van der Waals surface area contributed by atoms with Crippen LogP contribution in [0.15, 0.2) is 47.3 Å². The number of fused-ring (bicyclic) bond motifs is 1. The fraction of sp³-hybridized carbons (Fsp3) is 0.211. The average Bonchev–Trinajstić information content (AvgIpc) is 3.07. The summed E-state index contributed by atoms with van der Waals surface area (Å²) in [5, 5.41) is 8.53. The van der Waals surface area contributed by atoms with E-state index in [4.69, 9.17) is 4.42 Å². The predicted molar refractivity (Wildman–Crippen MR) is 90.4 cm³/mol. The first kappa shape index (κ1) is 15.2. The van der Waals surface area contributed by atoms with Gasteiger partial charge in [-0.1, -0.05) is 6.92 Å². The molecule has 5 rings (SSSR count). The largest absolute Gasteiger partial charge is 0.443 e. The van der Waals surface area contributed by atoms with E-state index < -0.39 is 11.6 Å². The number of hydrogen-bond donors (Lipinski definition) is 0. The molecule has 0 unspecified atom stereocenters. The van der Waals surface area contributed by atoms with Crippen LogP contribution in [0.2, 0.25) is 0 Å². The molecule has 3 heterocycles. The van der Waals surface area contributed by atoms with Crippen molar-refractivity contribution in [3.8, 4) is 22.6 Å². The molecular weight excluding hydrogens is 338 g/mol. The van der Waals surface area contributed by atoms with Crippen LogP contribution in [0.1, 0.15) is 25.6 Å². The highest BCUT2D eigenvalue weighted by Crippen LogP contribution is 2.46. The Bertz CT molecular complexity index is 1140. The molecule has 0 N–H and O–H groups in total. The molecule has 7 heteroatoms. The molecule has 0 saturated heterocycles. The molecule has 0 radical (unpaired) electrons. The Morgan fingerprint density at radius 3 is 2.77 bits per heavy atom. The second-order valence-electron chi connectivity index (χ2n) is 6.88. The van der Waals surface area contributed by atoms with E-state index in [1.807, 2.05) is 22.7 Å². The summed E-state index contributed by atoms with van der Waals surface area (Å²) in [6.07, 6.45) is 5.23. The maximum Gasteiger partial charge on any atom is 0.182 e. The highest BCUT2D eigenvalue weighted by Gasteiger charge is 2.43. The Labute approximate surface area is 147 Å². The number of hydrogen-bond acceptors (Lipinski definition) is 4. The third-order valence-electron chi connectivity index (χ3n) is 4.96. The number of nitrogens with zero attached hydrogens (tertiary/aromatic N) is 4. The lowest BCUT2D eigenvalue weighted by atomic mass is 10.1. The predicted octanol–water partition coefficient (Wildman–Crippen LogP) is 4.38. The van der Waals surface area contributed by atoms with Gasteiger partial charge in [0.1, 0.15) is 23.2 Å². The maximum atomic E-state index is 14.2.